The number of amides is 2. The highest BCUT2D eigenvalue weighted by atomic mass is 16.6. The van der Waals surface area contributed by atoms with Crippen LogP contribution in [0.15, 0.2) is 0 Å². The summed E-state index contributed by atoms with van der Waals surface area (Å²) in [5.74, 6) is -0.855. The lowest BCUT2D eigenvalue weighted by Crippen LogP contribution is -2.40. The third kappa shape index (κ3) is 5.87. The second-order valence-corrected chi connectivity index (χ2v) is 5.28. The first-order chi connectivity index (χ1) is 9.23. The molecule has 20 heavy (non-hydrogen) atoms. The lowest BCUT2D eigenvalue weighted by Gasteiger charge is -2.19. The molecule has 0 aromatic carbocycles. The van der Waals surface area contributed by atoms with E-state index in [4.69, 9.17) is 9.47 Å². The Morgan fingerprint density at radius 3 is 2.40 bits per heavy atom. The van der Waals surface area contributed by atoms with Gasteiger partial charge in [-0.1, -0.05) is 0 Å². The fourth-order valence-corrected chi connectivity index (χ4v) is 1.37. The normalized spacial score (nSPS) is 20.8. The minimum absolute atomic E-state index is 0.189. The average molecular weight is 288 g/mol. The van der Waals surface area contributed by atoms with E-state index in [9.17, 15) is 14.4 Å². The highest BCUT2D eigenvalue weighted by Crippen LogP contribution is 2.22. The third-order valence-electron chi connectivity index (χ3n) is 2.31. The fraction of sp³-hybridized carbons (Fsp3) is 0.750. The average Bonchev–Trinajstić information content (AvgIpc) is 3.10. The SMILES string of the molecule is COC(=O)C1OC1CNC(=O)CNC(=O)OC(C)(C)C. The van der Waals surface area contributed by atoms with Crippen molar-refractivity contribution in [2.24, 2.45) is 0 Å². The lowest BCUT2D eigenvalue weighted by atomic mass is 10.2. The maximum atomic E-state index is 11.4. The summed E-state index contributed by atoms with van der Waals surface area (Å²) in [6, 6.07) is 0. The fourth-order valence-electron chi connectivity index (χ4n) is 1.37. The number of epoxide rings is 1. The van der Waals surface area contributed by atoms with Gasteiger partial charge >= 0.3 is 12.1 Å². The van der Waals surface area contributed by atoms with E-state index >= 15 is 0 Å². The summed E-state index contributed by atoms with van der Waals surface area (Å²) in [5, 5.41) is 4.85. The zero-order chi connectivity index (χ0) is 15.3. The Morgan fingerprint density at radius 1 is 1.20 bits per heavy atom. The van der Waals surface area contributed by atoms with E-state index in [2.05, 4.69) is 15.4 Å². The standard InChI is InChI=1S/C12H20N2O6/c1-12(2,3)20-11(17)14-6-8(15)13-5-7-9(19-7)10(16)18-4/h7,9H,5-6H2,1-4H3,(H,13,15)(H,14,17). The summed E-state index contributed by atoms with van der Waals surface area (Å²) < 4.78 is 14.5. The van der Waals surface area contributed by atoms with Gasteiger partial charge in [-0.2, -0.15) is 0 Å². The van der Waals surface area contributed by atoms with Gasteiger partial charge in [-0.25, -0.2) is 9.59 Å². The monoisotopic (exact) mass is 288 g/mol. The number of esters is 1. The highest BCUT2D eigenvalue weighted by Gasteiger charge is 2.45. The van der Waals surface area contributed by atoms with Gasteiger partial charge in [-0.15, -0.1) is 0 Å². The van der Waals surface area contributed by atoms with Gasteiger partial charge in [0, 0.05) is 6.54 Å². The van der Waals surface area contributed by atoms with E-state index in [0.717, 1.165) is 0 Å². The van der Waals surface area contributed by atoms with Crippen molar-refractivity contribution in [3.05, 3.63) is 0 Å². The molecule has 1 rings (SSSR count). The van der Waals surface area contributed by atoms with Crippen LogP contribution in [0, 0.1) is 0 Å². The Balaban J connectivity index is 2.13. The second kappa shape index (κ2) is 6.56. The molecule has 1 saturated heterocycles. The van der Waals surface area contributed by atoms with Crippen LogP contribution in [0.2, 0.25) is 0 Å². The Kier molecular flexibility index (Phi) is 5.32. The number of alkyl carbamates (subject to hydrolysis) is 1. The molecule has 114 valence electrons. The number of hydrogen-bond acceptors (Lipinski definition) is 6. The summed E-state index contributed by atoms with van der Waals surface area (Å²) in [5.41, 5.74) is -0.615. The van der Waals surface area contributed by atoms with Crippen LogP contribution in [0.4, 0.5) is 4.79 Å². The minimum Gasteiger partial charge on any atom is -0.467 e. The van der Waals surface area contributed by atoms with Gasteiger partial charge in [0.25, 0.3) is 0 Å². The van der Waals surface area contributed by atoms with E-state index in [0.29, 0.717) is 0 Å². The molecule has 8 heteroatoms. The molecule has 2 N–H and O–H groups in total. The molecule has 0 aromatic rings. The van der Waals surface area contributed by atoms with Gasteiger partial charge in [-0.05, 0) is 20.8 Å². The van der Waals surface area contributed by atoms with Crippen LogP contribution in [0.25, 0.3) is 0 Å². The number of ether oxygens (including phenoxy) is 3. The van der Waals surface area contributed by atoms with Crippen molar-refractivity contribution in [3.63, 3.8) is 0 Å². The number of carbonyl (C=O) groups excluding carboxylic acids is 3. The number of methoxy groups -OCH3 is 1. The van der Waals surface area contributed by atoms with Crippen molar-refractivity contribution >= 4 is 18.0 Å². The van der Waals surface area contributed by atoms with Crippen LogP contribution in [0.3, 0.4) is 0 Å². The molecule has 1 aliphatic rings. The Hall–Kier alpha value is -1.83. The lowest BCUT2D eigenvalue weighted by molar-refractivity contribution is -0.142. The van der Waals surface area contributed by atoms with Crippen molar-refractivity contribution in [3.8, 4) is 0 Å². The van der Waals surface area contributed by atoms with Crippen molar-refractivity contribution in [1.82, 2.24) is 10.6 Å². The molecule has 1 heterocycles. The predicted octanol–water partition coefficient (Wildman–Crippen LogP) is -0.432. The van der Waals surface area contributed by atoms with Gasteiger partial charge in [0.1, 0.15) is 11.7 Å². The van der Waals surface area contributed by atoms with Crippen molar-refractivity contribution in [2.45, 2.75) is 38.6 Å². The van der Waals surface area contributed by atoms with Crippen LogP contribution in [-0.2, 0) is 23.8 Å². The van der Waals surface area contributed by atoms with Gasteiger partial charge < -0.3 is 24.8 Å². The number of nitrogens with one attached hydrogen (secondary N) is 2. The van der Waals surface area contributed by atoms with Crippen LogP contribution in [-0.4, -0.2) is 56.0 Å². The first-order valence-electron chi connectivity index (χ1n) is 6.20. The smallest absolute Gasteiger partial charge is 0.408 e. The van der Waals surface area contributed by atoms with Crippen molar-refractivity contribution in [1.29, 1.82) is 0 Å². The van der Waals surface area contributed by atoms with Gasteiger partial charge in [0.15, 0.2) is 6.10 Å². The maximum absolute atomic E-state index is 11.4. The van der Waals surface area contributed by atoms with Gasteiger partial charge in [-0.3, -0.25) is 4.79 Å². The molecule has 0 spiro atoms. The maximum Gasteiger partial charge on any atom is 0.408 e. The third-order valence-corrected chi connectivity index (χ3v) is 2.31. The molecule has 2 unspecified atom stereocenters. The number of carbonyl (C=O) groups is 3. The van der Waals surface area contributed by atoms with Crippen LogP contribution in [0.5, 0.6) is 0 Å². The Bertz CT molecular complexity index is 390. The molecule has 0 saturated carbocycles. The van der Waals surface area contributed by atoms with E-state index < -0.39 is 29.7 Å². The first-order valence-corrected chi connectivity index (χ1v) is 6.20. The topological polar surface area (TPSA) is 106 Å². The molecule has 2 atom stereocenters. The molecule has 0 aromatic heterocycles. The predicted molar refractivity (Wildman–Crippen MR) is 67.9 cm³/mol. The molecule has 8 nitrogen and oxygen atoms in total. The van der Waals surface area contributed by atoms with Crippen LogP contribution < -0.4 is 10.6 Å². The highest BCUT2D eigenvalue weighted by molar-refractivity contribution is 5.82. The van der Waals surface area contributed by atoms with E-state index in [1.54, 1.807) is 20.8 Å². The molecular formula is C12H20N2O6. The Morgan fingerprint density at radius 2 is 1.85 bits per heavy atom. The summed E-state index contributed by atoms with van der Waals surface area (Å²) in [7, 11) is 1.27. The van der Waals surface area contributed by atoms with Crippen molar-refractivity contribution in [2.75, 3.05) is 20.2 Å². The zero-order valence-electron chi connectivity index (χ0n) is 12.0. The summed E-state index contributed by atoms with van der Waals surface area (Å²) in [4.78, 5) is 33.8. The molecule has 0 aliphatic carbocycles. The Labute approximate surface area is 117 Å². The van der Waals surface area contributed by atoms with Crippen LogP contribution in [0.1, 0.15) is 20.8 Å². The summed E-state index contributed by atoms with van der Waals surface area (Å²) >= 11 is 0. The first kappa shape index (κ1) is 16.2. The largest absolute Gasteiger partial charge is 0.467 e. The van der Waals surface area contributed by atoms with E-state index in [1.165, 1.54) is 7.11 Å². The van der Waals surface area contributed by atoms with Gasteiger partial charge in [0.05, 0.1) is 13.7 Å². The minimum atomic E-state index is -0.664. The van der Waals surface area contributed by atoms with Gasteiger partial charge in [0.2, 0.25) is 5.91 Å². The molecule has 2 amide bonds. The van der Waals surface area contributed by atoms with E-state index in [-0.39, 0.29) is 19.2 Å². The summed E-state index contributed by atoms with van der Waals surface area (Å²) in [6.07, 6.45) is -1.64. The zero-order valence-corrected chi connectivity index (χ0v) is 12.0. The molecular weight excluding hydrogens is 268 g/mol. The molecule has 0 bridgehead atoms. The molecule has 0 radical (unpaired) electrons. The van der Waals surface area contributed by atoms with Crippen molar-refractivity contribution < 1.29 is 28.6 Å². The number of hydrogen-bond donors (Lipinski definition) is 2. The molecule has 1 fully saturated rings. The number of rotatable bonds is 5. The quantitative estimate of drug-likeness (QED) is 0.525. The van der Waals surface area contributed by atoms with Crippen LogP contribution >= 0.6 is 0 Å². The van der Waals surface area contributed by atoms with E-state index in [1.807, 2.05) is 0 Å². The molecule has 1 aliphatic heterocycles. The second-order valence-electron chi connectivity index (χ2n) is 5.28. The summed E-state index contributed by atoms with van der Waals surface area (Å²) in [6.45, 7) is 5.16.